The average Bonchev–Trinajstić information content (AvgIpc) is 2.63. The molecule has 0 aromatic heterocycles. The summed E-state index contributed by atoms with van der Waals surface area (Å²) in [6.07, 6.45) is 11.0. The summed E-state index contributed by atoms with van der Waals surface area (Å²) in [5.41, 5.74) is 3.52. The van der Waals surface area contributed by atoms with E-state index in [4.69, 9.17) is 0 Å². The zero-order valence-corrected chi connectivity index (χ0v) is 14.8. The summed E-state index contributed by atoms with van der Waals surface area (Å²) < 4.78 is 13.4. The molecule has 0 nitrogen and oxygen atoms in total. The van der Waals surface area contributed by atoms with Crippen LogP contribution in [0.2, 0.25) is 0 Å². The fraction of sp³-hybridized carbons (Fsp3) is 0.478. The van der Waals surface area contributed by atoms with Gasteiger partial charge in [-0.05, 0) is 66.3 Å². The smallest absolute Gasteiger partial charge is 0.123 e. The maximum Gasteiger partial charge on any atom is 0.123 e. The summed E-state index contributed by atoms with van der Waals surface area (Å²) >= 11 is 0. The van der Waals surface area contributed by atoms with Crippen molar-refractivity contribution in [1.29, 1.82) is 0 Å². The van der Waals surface area contributed by atoms with Crippen LogP contribution in [0.5, 0.6) is 0 Å². The van der Waals surface area contributed by atoms with E-state index in [1.807, 2.05) is 6.07 Å². The number of hydrogen-bond acceptors (Lipinski definition) is 0. The lowest BCUT2D eigenvalue weighted by molar-refractivity contribution is 0.303. The third kappa shape index (κ3) is 4.47. The highest BCUT2D eigenvalue weighted by Gasteiger charge is 2.21. The minimum Gasteiger partial charge on any atom is -0.207 e. The van der Waals surface area contributed by atoms with Crippen molar-refractivity contribution in [3.63, 3.8) is 0 Å². The zero-order chi connectivity index (χ0) is 16.8. The minimum atomic E-state index is -0.169. The van der Waals surface area contributed by atoms with Crippen LogP contribution < -0.4 is 0 Å². The van der Waals surface area contributed by atoms with Crippen molar-refractivity contribution in [3.05, 3.63) is 59.9 Å². The van der Waals surface area contributed by atoms with Gasteiger partial charge in [0.15, 0.2) is 0 Å². The van der Waals surface area contributed by atoms with Crippen molar-refractivity contribution in [2.45, 2.75) is 64.2 Å². The van der Waals surface area contributed by atoms with Crippen molar-refractivity contribution >= 4 is 0 Å². The molecule has 1 heteroatoms. The molecule has 3 rings (SSSR count). The van der Waals surface area contributed by atoms with E-state index in [0.717, 1.165) is 17.0 Å². The third-order valence-corrected chi connectivity index (χ3v) is 5.60. The maximum atomic E-state index is 13.4. The second-order valence-electron chi connectivity index (χ2n) is 7.35. The number of rotatable bonds is 6. The number of halogens is 1. The van der Waals surface area contributed by atoms with Gasteiger partial charge in [0.25, 0.3) is 0 Å². The van der Waals surface area contributed by atoms with Gasteiger partial charge in [0.2, 0.25) is 0 Å². The van der Waals surface area contributed by atoms with Crippen LogP contribution in [0.25, 0.3) is 11.1 Å². The van der Waals surface area contributed by atoms with E-state index in [2.05, 4.69) is 31.2 Å². The summed E-state index contributed by atoms with van der Waals surface area (Å²) in [4.78, 5) is 0. The average molecular weight is 324 g/mol. The van der Waals surface area contributed by atoms with Crippen molar-refractivity contribution in [3.8, 4) is 11.1 Å². The minimum absolute atomic E-state index is 0.169. The van der Waals surface area contributed by atoms with Crippen LogP contribution in [0, 0.1) is 11.7 Å². The van der Waals surface area contributed by atoms with Crippen LogP contribution in [0.4, 0.5) is 4.39 Å². The number of hydrogen-bond donors (Lipinski definition) is 0. The van der Waals surface area contributed by atoms with Crippen molar-refractivity contribution < 1.29 is 4.39 Å². The molecule has 0 atom stereocenters. The van der Waals surface area contributed by atoms with Crippen molar-refractivity contribution in [2.24, 2.45) is 5.92 Å². The normalized spacial score (nSPS) is 20.9. The van der Waals surface area contributed by atoms with Gasteiger partial charge >= 0.3 is 0 Å². The van der Waals surface area contributed by atoms with E-state index in [1.54, 1.807) is 12.1 Å². The van der Waals surface area contributed by atoms with Gasteiger partial charge < -0.3 is 0 Å². The molecular weight excluding hydrogens is 295 g/mol. The third-order valence-electron chi connectivity index (χ3n) is 5.60. The Morgan fingerprint density at radius 2 is 1.62 bits per heavy atom. The lowest BCUT2D eigenvalue weighted by Gasteiger charge is -2.29. The highest BCUT2D eigenvalue weighted by atomic mass is 19.1. The molecule has 0 N–H and O–H groups in total. The van der Waals surface area contributed by atoms with Gasteiger partial charge in [-0.2, -0.15) is 0 Å². The van der Waals surface area contributed by atoms with E-state index in [0.29, 0.717) is 5.92 Å². The van der Waals surface area contributed by atoms with Crippen LogP contribution in [0.3, 0.4) is 0 Å². The predicted molar refractivity (Wildman–Crippen MR) is 101 cm³/mol. The molecular formula is C23H29F. The quantitative estimate of drug-likeness (QED) is 0.487. The Kier molecular flexibility index (Phi) is 6.07. The lowest BCUT2D eigenvalue weighted by atomic mass is 9.77. The van der Waals surface area contributed by atoms with Gasteiger partial charge in [0, 0.05) is 0 Å². The maximum absolute atomic E-state index is 13.4. The van der Waals surface area contributed by atoms with Gasteiger partial charge in [0.1, 0.15) is 5.82 Å². The molecule has 0 radical (unpaired) electrons. The number of unbranched alkanes of at least 4 members (excludes halogenated alkanes) is 2. The molecule has 24 heavy (non-hydrogen) atoms. The van der Waals surface area contributed by atoms with Gasteiger partial charge in [-0.3, -0.25) is 0 Å². The Balaban J connectivity index is 1.57. The Hall–Kier alpha value is -1.63. The first-order valence-corrected chi connectivity index (χ1v) is 9.62. The van der Waals surface area contributed by atoms with E-state index < -0.39 is 0 Å². The first-order valence-electron chi connectivity index (χ1n) is 9.62. The highest BCUT2D eigenvalue weighted by Crippen LogP contribution is 2.38. The molecule has 0 heterocycles. The number of benzene rings is 2. The second kappa shape index (κ2) is 8.46. The molecule has 1 aliphatic carbocycles. The molecule has 2 aromatic carbocycles. The molecule has 1 aliphatic rings. The SMILES string of the molecule is CCCCC[C@H]1CC[C@H](c2ccc(-c3cccc(F)c3)cc2)CC1. The lowest BCUT2D eigenvalue weighted by Crippen LogP contribution is -2.13. The summed E-state index contributed by atoms with van der Waals surface area (Å²) in [6.45, 7) is 2.28. The van der Waals surface area contributed by atoms with E-state index >= 15 is 0 Å². The first-order chi connectivity index (χ1) is 11.8. The Bertz CT molecular complexity index is 621. The summed E-state index contributed by atoms with van der Waals surface area (Å²) in [5.74, 6) is 1.51. The Labute approximate surface area is 146 Å². The van der Waals surface area contributed by atoms with Gasteiger partial charge in [-0.15, -0.1) is 0 Å². The van der Waals surface area contributed by atoms with Crippen LogP contribution in [0.1, 0.15) is 69.8 Å². The van der Waals surface area contributed by atoms with E-state index in [9.17, 15) is 4.39 Å². The van der Waals surface area contributed by atoms with Crippen molar-refractivity contribution in [1.82, 2.24) is 0 Å². The fourth-order valence-corrected chi connectivity index (χ4v) is 4.08. The topological polar surface area (TPSA) is 0 Å². The molecule has 2 aromatic rings. The van der Waals surface area contributed by atoms with Gasteiger partial charge in [0.05, 0.1) is 0 Å². The molecule has 0 unspecified atom stereocenters. The van der Waals surface area contributed by atoms with E-state index in [-0.39, 0.29) is 5.82 Å². The Morgan fingerprint density at radius 3 is 2.29 bits per heavy atom. The monoisotopic (exact) mass is 324 g/mol. The predicted octanol–water partition coefficient (Wildman–Crippen LogP) is 7.35. The molecule has 0 bridgehead atoms. The zero-order valence-electron chi connectivity index (χ0n) is 14.8. The molecule has 1 saturated carbocycles. The fourth-order valence-electron chi connectivity index (χ4n) is 4.08. The highest BCUT2D eigenvalue weighted by molar-refractivity contribution is 5.63. The van der Waals surface area contributed by atoms with Crippen molar-refractivity contribution in [2.75, 3.05) is 0 Å². The molecule has 1 fully saturated rings. The summed E-state index contributed by atoms with van der Waals surface area (Å²) in [6, 6.07) is 15.7. The van der Waals surface area contributed by atoms with E-state index in [1.165, 1.54) is 63.0 Å². The van der Waals surface area contributed by atoms with Crippen LogP contribution in [0.15, 0.2) is 48.5 Å². The summed E-state index contributed by atoms with van der Waals surface area (Å²) in [5, 5.41) is 0. The molecule has 0 saturated heterocycles. The first kappa shape index (κ1) is 17.2. The largest absolute Gasteiger partial charge is 0.207 e. The Morgan fingerprint density at radius 1 is 0.875 bits per heavy atom. The standard InChI is InChI=1S/C23H29F/c1-2-3-4-6-18-9-11-19(12-10-18)20-13-15-21(16-14-20)22-7-5-8-23(24)17-22/h5,7-8,13-19H,2-4,6,9-12H2,1H3/t18-,19-. The second-order valence-corrected chi connectivity index (χ2v) is 7.35. The molecule has 0 aliphatic heterocycles. The van der Waals surface area contributed by atoms with Gasteiger partial charge in [-0.25, -0.2) is 4.39 Å². The molecule has 0 spiro atoms. The summed E-state index contributed by atoms with van der Waals surface area (Å²) in [7, 11) is 0. The molecule has 128 valence electrons. The molecule has 0 amide bonds. The van der Waals surface area contributed by atoms with Gasteiger partial charge in [-0.1, -0.05) is 69.0 Å². The van der Waals surface area contributed by atoms with Crippen LogP contribution in [-0.4, -0.2) is 0 Å². The van der Waals surface area contributed by atoms with Crippen LogP contribution in [-0.2, 0) is 0 Å². The van der Waals surface area contributed by atoms with Crippen LogP contribution >= 0.6 is 0 Å².